The van der Waals surface area contributed by atoms with E-state index >= 15 is 0 Å². The highest BCUT2D eigenvalue weighted by atomic mass is 19.4. The van der Waals surface area contributed by atoms with Crippen molar-refractivity contribution in [3.63, 3.8) is 0 Å². The number of hydrazine groups is 1. The predicted molar refractivity (Wildman–Crippen MR) is 56.8 cm³/mol. The van der Waals surface area contributed by atoms with Crippen LogP contribution in [-0.4, -0.2) is 12.2 Å². The van der Waals surface area contributed by atoms with E-state index in [-0.39, 0.29) is 6.42 Å². The van der Waals surface area contributed by atoms with Crippen LogP contribution >= 0.6 is 0 Å². The number of nitrogens with one attached hydrogen (secondary N) is 1. The lowest BCUT2D eigenvalue weighted by atomic mass is 9.96. The SMILES string of the molecule is Cc1cccc(C)c1CC(NN)C(F)(F)F. The summed E-state index contributed by atoms with van der Waals surface area (Å²) in [5.41, 5.74) is 4.22. The molecule has 1 atom stereocenters. The van der Waals surface area contributed by atoms with Crippen molar-refractivity contribution in [1.29, 1.82) is 0 Å². The third kappa shape index (κ3) is 2.96. The van der Waals surface area contributed by atoms with Crippen molar-refractivity contribution < 1.29 is 13.2 Å². The fourth-order valence-corrected chi connectivity index (χ4v) is 1.64. The quantitative estimate of drug-likeness (QED) is 0.619. The average Bonchev–Trinajstić information content (AvgIpc) is 2.15. The van der Waals surface area contributed by atoms with Crippen LogP contribution in [0.15, 0.2) is 18.2 Å². The molecule has 0 saturated heterocycles. The van der Waals surface area contributed by atoms with Gasteiger partial charge in [-0.2, -0.15) is 13.2 Å². The summed E-state index contributed by atoms with van der Waals surface area (Å²) in [6.45, 7) is 3.60. The first-order valence-corrected chi connectivity index (χ1v) is 4.94. The van der Waals surface area contributed by atoms with Crippen LogP contribution in [0, 0.1) is 13.8 Å². The molecule has 0 amide bonds. The Morgan fingerprint density at radius 1 is 1.25 bits per heavy atom. The molecule has 0 fully saturated rings. The normalized spacial score (nSPS) is 13.9. The topological polar surface area (TPSA) is 38.0 Å². The number of nitrogens with two attached hydrogens (primary N) is 1. The van der Waals surface area contributed by atoms with E-state index in [0.29, 0.717) is 5.56 Å². The molecule has 0 aromatic heterocycles. The summed E-state index contributed by atoms with van der Waals surface area (Å²) < 4.78 is 37.6. The smallest absolute Gasteiger partial charge is 0.271 e. The Morgan fingerprint density at radius 2 is 1.75 bits per heavy atom. The maximum absolute atomic E-state index is 12.5. The highest BCUT2D eigenvalue weighted by Gasteiger charge is 2.39. The molecular weight excluding hydrogens is 217 g/mol. The number of alkyl halides is 3. The third-order valence-corrected chi connectivity index (χ3v) is 2.65. The Kier molecular flexibility index (Phi) is 3.93. The Balaban J connectivity index is 2.95. The van der Waals surface area contributed by atoms with Crippen LogP contribution in [0.5, 0.6) is 0 Å². The Labute approximate surface area is 92.6 Å². The van der Waals surface area contributed by atoms with Crippen molar-refractivity contribution in [3.05, 3.63) is 34.9 Å². The highest BCUT2D eigenvalue weighted by molar-refractivity contribution is 5.34. The Hall–Kier alpha value is -1.07. The molecule has 2 nitrogen and oxygen atoms in total. The van der Waals surface area contributed by atoms with E-state index in [1.807, 2.05) is 11.5 Å². The van der Waals surface area contributed by atoms with E-state index in [1.54, 1.807) is 26.0 Å². The lowest BCUT2D eigenvalue weighted by Gasteiger charge is -2.21. The van der Waals surface area contributed by atoms with Gasteiger partial charge in [-0.25, -0.2) is 5.43 Å². The van der Waals surface area contributed by atoms with Gasteiger partial charge in [-0.05, 0) is 37.0 Å². The number of halogens is 3. The number of hydrogen-bond donors (Lipinski definition) is 2. The van der Waals surface area contributed by atoms with Crippen molar-refractivity contribution in [1.82, 2.24) is 5.43 Å². The number of rotatable bonds is 3. The second-order valence-electron chi connectivity index (χ2n) is 3.84. The van der Waals surface area contributed by atoms with E-state index in [1.165, 1.54) is 0 Å². The average molecular weight is 232 g/mol. The zero-order valence-corrected chi connectivity index (χ0v) is 9.23. The monoisotopic (exact) mass is 232 g/mol. The van der Waals surface area contributed by atoms with E-state index in [4.69, 9.17) is 5.84 Å². The summed E-state index contributed by atoms with van der Waals surface area (Å²) in [5, 5.41) is 0. The first-order chi connectivity index (χ1) is 7.36. The van der Waals surface area contributed by atoms with Crippen molar-refractivity contribution in [3.8, 4) is 0 Å². The number of hydrogen-bond acceptors (Lipinski definition) is 2. The molecule has 3 N–H and O–H groups in total. The molecule has 0 aliphatic heterocycles. The molecule has 16 heavy (non-hydrogen) atoms. The van der Waals surface area contributed by atoms with Crippen molar-refractivity contribution >= 4 is 0 Å². The van der Waals surface area contributed by atoms with Crippen molar-refractivity contribution in [2.75, 3.05) is 0 Å². The minimum Gasteiger partial charge on any atom is -0.271 e. The van der Waals surface area contributed by atoms with Crippen LogP contribution < -0.4 is 11.3 Å². The molecule has 0 radical (unpaired) electrons. The van der Waals surface area contributed by atoms with Gasteiger partial charge in [0.2, 0.25) is 0 Å². The minimum atomic E-state index is -4.33. The molecule has 1 aromatic carbocycles. The van der Waals surface area contributed by atoms with Crippen LogP contribution in [0.1, 0.15) is 16.7 Å². The summed E-state index contributed by atoms with van der Waals surface area (Å²) in [6, 6.07) is 3.72. The predicted octanol–water partition coefficient (Wildman–Crippen LogP) is 2.24. The van der Waals surface area contributed by atoms with E-state index < -0.39 is 12.2 Å². The maximum Gasteiger partial charge on any atom is 0.405 e. The van der Waals surface area contributed by atoms with Gasteiger partial charge in [-0.1, -0.05) is 18.2 Å². The molecule has 1 unspecified atom stereocenters. The van der Waals surface area contributed by atoms with Gasteiger partial charge in [0, 0.05) is 0 Å². The standard InChI is InChI=1S/C11H15F3N2/c1-7-4-3-5-8(2)9(7)6-10(16-15)11(12,13)14/h3-5,10,16H,6,15H2,1-2H3. The minimum absolute atomic E-state index is 0.140. The van der Waals surface area contributed by atoms with E-state index in [2.05, 4.69) is 0 Å². The second kappa shape index (κ2) is 4.84. The molecular formula is C11H15F3N2. The number of benzene rings is 1. The van der Waals surface area contributed by atoms with Gasteiger partial charge in [-0.3, -0.25) is 5.84 Å². The molecule has 5 heteroatoms. The van der Waals surface area contributed by atoms with Gasteiger partial charge in [0.05, 0.1) is 0 Å². The lowest BCUT2D eigenvalue weighted by molar-refractivity contribution is -0.155. The molecule has 0 aliphatic rings. The molecule has 0 spiro atoms. The van der Waals surface area contributed by atoms with Crippen LogP contribution in [0.25, 0.3) is 0 Å². The van der Waals surface area contributed by atoms with Gasteiger partial charge >= 0.3 is 6.18 Å². The van der Waals surface area contributed by atoms with Crippen LogP contribution in [0.3, 0.4) is 0 Å². The molecule has 0 aliphatic carbocycles. The second-order valence-corrected chi connectivity index (χ2v) is 3.84. The Bertz CT molecular complexity index is 340. The van der Waals surface area contributed by atoms with Gasteiger partial charge in [0.15, 0.2) is 0 Å². The summed E-state index contributed by atoms with van der Waals surface area (Å²) in [7, 11) is 0. The molecule has 90 valence electrons. The molecule has 0 saturated carbocycles. The zero-order chi connectivity index (χ0) is 12.3. The molecule has 0 heterocycles. The van der Waals surface area contributed by atoms with E-state index in [9.17, 15) is 13.2 Å². The lowest BCUT2D eigenvalue weighted by Crippen LogP contribution is -2.47. The summed E-state index contributed by atoms with van der Waals surface area (Å²) in [5.74, 6) is 4.94. The third-order valence-electron chi connectivity index (χ3n) is 2.65. The molecule has 1 rings (SSSR count). The van der Waals surface area contributed by atoms with Crippen LogP contribution in [-0.2, 0) is 6.42 Å². The molecule has 1 aromatic rings. The van der Waals surface area contributed by atoms with Gasteiger partial charge < -0.3 is 0 Å². The highest BCUT2D eigenvalue weighted by Crippen LogP contribution is 2.25. The van der Waals surface area contributed by atoms with Crippen molar-refractivity contribution in [2.24, 2.45) is 5.84 Å². The summed E-state index contributed by atoms with van der Waals surface area (Å²) in [4.78, 5) is 0. The first kappa shape index (κ1) is 13.0. The molecule has 0 bridgehead atoms. The zero-order valence-electron chi connectivity index (χ0n) is 9.23. The summed E-state index contributed by atoms with van der Waals surface area (Å²) >= 11 is 0. The van der Waals surface area contributed by atoms with Gasteiger partial charge in [-0.15, -0.1) is 0 Å². The first-order valence-electron chi connectivity index (χ1n) is 4.94. The number of aryl methyl sites for hydroxylation is 2. The van der Waals surface area contributed by atoms with Gasteiger partial charge in [0.1, 0.15) is 6.04 Å². The maximum atomic E-state index is 12.5. The fourth-order valence-electron chi connectivity index (χ4n) is 1.64. The fraction of sp³-hybridized carbons (Fsp3) is 0.455. The van der Waals surface area contributed by atoms with Gasteiger partial charge in [0.25, 0.3) is 0 Å². The van der Waals surface area contributed by atoms with E-state index in [0.717, 1.165) is 11.1 Å². The largest absolute Gasteiger partial charge is 0.405 e. The van der Waals surface area contributed by atoms with Crippen molar-refractivity contribution in [2.45, 2.75) is 32.5 Å². The Morgan fingerprint density at radius 3 is 2.12 bits per heavy atom. The summed E-state index contributed by atoms with van der Waals surface area (Å²) in [6.07, 6.45) is -4.47. The van der Waals surface area contributed by atoms with Crippen LogP contribution in [0.4, 0.5) is 13.2 Å². The van der Waals surface area contributed by atoms with Crippen LogP contribution in [0.2, 0.25) is 0 Å².